The quantitative estimate of drug-likeness (QED) is 0.0554. The summed E-state index contributed by atoms with van der Waals surface area (Å²) in [5, 5.41) is 17.0. The number of anilines is 1. The van der Waals surface area contributed by atoms with E-state index in [0.29, 0.717) is 61.5 Å². The third-order valence-corrected chi connectivity index (χ3v) is 12.8. The van der Waals surface area contributed by atoms with E-state index in [-0.39, 0.29) is 35.5 Å². The Bertz CT molecular complexity index is 1680. The third kappa shape index (κ3) is 14.0. The van der Waals surface area contributed by atoms with Crippen molar-refractivity contribution < 1.29 is 28.6 Å². The van der Waals surface area contributed by atoms with E-state index in [0.717, 1.165) is 80.5 Å². The highest BCUT2D eigenvalue weighted by Gasteiger charge is 2.48. The molecule has 1 aliphatic rings. The summed E-state index contributed by atoms with van der Waals surface area (Å²) in [5.41, 5.74) is 3.34. The lowest BCUT2D eigenvalue weighted by Crippen LogP contribution is -2.55. The Balaban J connectivity index is 1.10. The molecule has 0 spiro atoms. The minimum absolute atomic E-state index is 0.00900. The highest BCUT2D eigenvalue weighted by Crippen LogP contribution is 2.46. The summed E-state index contributed by atoms with van der Waals surface area (Å²) in [6.45, 7) is 12.7. The van der Waals surface area contributed by atoms with Gasteiger partial charge in [-0.2, -0.15) is 0 Å². The molecular weight excluding hydrogens is 730 g/mol. The average molecular weight is 800 g/mol. The number of hydrogen-bond donors (Lipinski definition) is 3. The minimum Gasteiger partial charge on any atom is -0.497 e. The summed E-state index contributed by atoms with van der Waals surface area (Å²) >= 11 is 0. The number of nitrogens with one attached hydrogen (secondary N) is 2. The van der Waals surface area contributed by atoms with Gasteiger partial charge in [-0.3, -0.25) is 14.4 Å². The molecule has 0 radical (unpaired) electrons. The van der Waals surface area contributed by atoms with Crippen LogP contribution in [0.3, 0.4) is 0 Å². The summed E-state index contributed by atoms with van der Waals surface area (Å²) in [7, 11) is 1.62. The van der Waals surface area contributed by atoms with Gasteiger partial charge in [0, 0.05) is 31.6 Å². The van der Waals surface area contributed by atoms with Crippen molar-refractivity contribution in [1.82, 2.24) is 10.6 Å². The number of aliphatic hydroxyl groups is 1. The number of aliphatic hydroxyl groups excluding tert-OH is 1. The first-order chi connectivity index (χ1) is 27.9. The molecule has 1 heterocycles. The van der Waals surface area contributed by atoms with E-state index in [2.05, 4.69) is 45.3 Å². The SMILES string of the molecule is CC[C@@H](C)[C@@H](C)[C@H](C)[C@@H](C)CNC(=O)CCCCCCCCCCC(=O)NCc1ccc(N2C(=O)[C@H](CC[C@H](O)c3ccc(F)cc3)[C@H]2c2ccc(OC)cc2)cc1. The first-order valence-electron chi connectivity index (χ1n) is 22.0. The number of unbranched alkanes of at least 4 members (excludes halogenated alkanes) is 7. The molecule has 9 heteroatoms. The van der Waals surface area contributed by atoms with Gasteiger partial charge in [0.1, 0.15) is 11.6 Å². The minimum atomic E-state index is -0.793. The first kappa shape index (κ1) is 46.4. The van der Waals surface area contributed by atoms with Gasteiger partial charge in [0.2, 0.25) is 17.7 Å². The number of benzene rings is 3. The van der Waals surface area contributed by atoms with Crippen molar-refractivity contribution in [1.29, 1.82) is 0 Å². The predicted molar refractivity (Wildman–Crippen MR) is 232 cm³/mol. The van der Waals surface area contributed by atoms with E-state index in [4.69, 9.17) is 4.74 Å². The van der Waals surface area contributed by atoms with Gasteiger partial charge in [-0.15, -0.1) is 0 Å². The number of carbonyl (C=O) groups excluding carboxylic acids is 3. The van der Waals surface area contributed by atoms with Gasteiger partial charge >= 0.3 is 0 Å². The van der Waals surface area contributed by atoms with Crippen LogP contribution in [0, 0.1) is 35.4 Å². The Morgan fingerprint density at radius 2 is 1.31 bits per heavy atom. The van der Waals surface area contributed by atoms with Crippen molar-refractivity contribution in [2.45, 2.75) is 137 Å². The second-order valence-corrected chi connectivity index (χ2v) is 16.8. The zero-order valence-electron chi connectivity index (χ0n) is 36.0. The Morgan fingerprint density at radius 1 is 0.759 bits per heavy atom. The van der Waals surface area contributed by atoms with Gasteiger partial charge in [0.15, 0.2) is 0 Å². The molecule has 1 fully saturated rings. The molecule has 3 aromatic carbocycles. The van der Waals surface area contributed by atoms with Crippen LogP contribution in [0.1, 0.15) is 147 Å². The number of nitrogens with zero attached hydrogens (tertiary/aromatic N) is 1. The highest BCUT2D eigenvalue weighted by atomic mass is 19.1. The molecule has 3 N–H and O–H groups in total. The van der Waals surface area contributed by atoms with Gasteiger partial charge < -0.3 is 25.4 Å². The maximum atomic E-state index is 13.6. The number of methoxy groups -OCH3 is 1. The number of halogens is 1. The number of amides is 3. The molecule has 0 aliphatic carbocycles. The molecule has 318 valence electrons. The second-order valence-electron chi connectivity index (χ2n) is 16.8. The van der Waals surface area contributed by atoms with E-state index in [1.807, 2.05) is 48.5 Å². The summed E-state index contributed by atoms with van der Waals surface area (Å²) in [5.74, 6) is 2.70. The normalized spacial score (nSPS) is 17.8. The topological polar surface area (TPSA) is 108 Å². The molecule has 0 aromatic heterocycles. The highest BCUT2D eigenvalue weighted by molar-refractivity contribution is 6.03. The molecule has 0 saturated carbocycles. The van der Waals surface area contributed by atoms with Crippen molar-refractivity contribution in [3.8, 4) is 5.75 Å². The van der Waals surface area contributed by atoms with Crippen LogP contribution < -0.4 is 20.3 Å². The smallest absolute Gasteiger partial charge is 0.233 e. The zero-order valence-corrected chi connectivity index (χ0v) is 36.0. The van der Waals surface area contributed by atoms with Crippen LogP contribution in [0.2, 0.25) is 0 Å². The van der Waals surface area contributed by atoms with Crippen molar-refractivity contribution in [3.05, 3.63) is 95.3 Å². The molecule has 7 atom stereocenters. The van der Waals surface area contributed by atoms with Crippen molar-refractivity contribution >= 4 is 23.4 Å². The standard InChI is InChI=1S/C49H70FN3O5/c1-7-34(2)36(4)37(5)35(3)32-51-46(55)16-14-12-10-8-9-11-13-15-17-47(56)52-33-38-18-26-42(27-19-38)53-48(40-22-28-43(58-6)29-23-40)44(49(53)57)30-31-45(54)39-20-24-41(50)25-21-39/h18-29,34-37,44-45,48,54H,7-17,30-33H2,1-6H3,(H,51,55)(H,52,56)/t34-,35+,36-,37-,44-,45+,48-/m1/s1. The second kappa shape index (κ2) is 24.0. The summed E-state index contributed by atoms with van der Waals surface area (Å²) < 4.78 is 18.8. The largest absolute Gasteiger partial charge is 0.497 e. The van der Waals surface area contributed by atoms with E-state index < -0.39 is 6.10 Å². The molecule has 1 saturated heterocycles. The lowest BCUT2D eigenvalue weighted by molar-refractivity contribution is -0.131. The molecule has 0 unspecified atom stereocenters. The van der Waals surface area contributed by atoms with Crippen LogP contribution in [0.15, 0.2) is 72.8 Å². The molecule has 8 nitrogen and oxygen atoms in total. The fraction of sp³-hybridized carbons (Fsp3) is 0.571. The number of ether oxygens (including phenoxy) is 1. The van der Waals surface area contributed by atoms with Gasteiger partial charge in [0.05, 0.1) is 25.2 Å². The van der Waals surface area contributed by atoms with Crippen LogP contribution >= 0.6 is 0 Å². The third-order valence-electron chi connectivity index (χ3n) is 12.8. The zero-order chi connectivity index (χ0) is 42.0. The van der Waals surface area contributed by atoms with Gasteiger partial charge in [-0.25, -0.2) is 4.39 Å². The Morgan fingerprint density at radius 3 is 1.88 bits per heavy atom. The van der Waals surface area contributed by atoms with Crippen molar-refractivity contribution in [3.63, 3.8) is 0 Å². The van der Waals surface area contributed by atoms with Crippen molar-refractivity contribution in [2.24, 2.45) is 29.6 Å². The number of rotatable bonds is 26. The summed E-state index contributed by atoms with van der Waals surface area (Å²) in [4.78, 5) is 40.4. The summed E-state index contributed by atoms with van der Waals surface area (Å²) in [6.07, 6.45) is 10.9. The van der Waals surface area contributed by atoms with Crippen LogP contribution in [0.5, 0.6) is 5.75 Å². The maximum Gasteiger partial charge on any atom is 0.233 e. The monoisotopic (exact) mass is 800 g/mol. The lowest BCUT2D eigenvalue weighted by atomic mass is 9.77. The van der Waals surface area contributed by atoms with E-state index >= 15 is 0 Å². The Hall–Kier alpha value is -4.24. The molecule has 3 amide bonds. The first-order valence-corrected chi connectivity index (χ1v) is 22.0. The van der Waals surface area contributed by atoms with Crippen LogP contribution in [-0.4, -0.2) is 36.5 Å². The van der Waals surface area contributed by atoms with Gasteiger partial charge in [0.25, 0.3) is 0 Å². The average Bonchev–Trinajstić information content (AvgIpc) is 3.24. The number of carbonyl (C=O) groups is 3. The molecule has 58 heavy (non-hydrogen) atoms. The molecule has 0 bridgehead atoms. The van der Waals surface area contributed by atoms with Crippen LogP contribution in [0.25, 0.3) is 0 Å². The van der Waals surface area contributed by atoms with Crippen LogP contribution in [-0.2, 0) is 20.9 Å². The van der Waals surface area contributed by atoms with E-state index in [9.17, 15) is 23.9 Å². The van der Waals surface area contributed by atoms with E-state index in [1.165, 1.54) is 18.6 Å². The Kier molecular flexibility index (Phi) is 19.2. The molecule has 3 aromatic rings. The fourth-order valence-corrected chi connectivity index (χ4v) is 8.14. The lowest BCUT2D eigenvalue weighted by Gasteiger charge is -2.48. The fourth-order valence-electron chi connectivity index (χ4n) is 8.14. The van der Waals surface area contributed by atoms with Gasteiger partial charge in [-0.05, 0) is 102 Å². The maximum absolute atomic E-state index is 13.6. The van der Waals surface area contributed by atoms with Gasteiger partial charge in [-0.1, -0.05) is 116 Å². The van der Waals surface area contributed by atoms with Crippen LogP contribution in [0.4, 0.5) is 10.1 Å². The van der Waals surface area contributed by atoms with E-state index in [1.54, 1.807) is 24.1 Å². The number of β-lactam (4-membered cyclic amide) rings is 1. The predicted octanol–water partition coefficient (Wildman–Crippen LogP) is 10.6. The Labute approximate surface area is 347 Å². The molecule has 4 rings (SSSR count). The van der Waals surface area contributed by atoms with Crippen molar-refractivity contribution in [2.75, 3.05) is 18.6 Å². The summed E-state index contributed by atoms with van der Waals surface area (Å²) in [6, 6.07) is 21.1. The molecular formula is C49H70FN3O5. The number of hydrogen-bond acceptors (Lipinski definition) is 5. The molecule has 1 aliphatic heterocycles.